The summed E-state index contributed by atoms with van der Waals surface area (Å²) in [5, 5.41) is 0. The number of aliphatic imine (C=N–C) groups is 1. The summed E-state index contributed by atoms with van der Waals surface area (Å²) in [6.07, 6.45) is 1.69. The fourth-order valence-corrected chi connectivity index (χ4v) is 3.46. The Hall–Kier alpha value is -3.18. The van der Waals surface area contributed by atoms with Crippen LogP contribution in [0.1, 0.15) is 11.1 Å². The SMILES string of the molecule is COc1ccc(/C=C2\N=C(c3ccc(-c4ccccc4)cc3)OC2=O)cc1Br. The van der Waals surface area contributed by atoms with Crippen molar-refractivity contribution >= 4 is 33.9 Å². The molecule has 0 aliphatic carbocycles. The van der Waals surface area contributed by atoms with Crippen LogP contribution in [0.2, 0.25) is 0 Å². The summed E-state index contributed by atoms with van der Waals surface area (Å²) in [5.74, 6) is 0.566. The Kier molecular flexibility index (Phi) is 5.08. The van der Waals surface area contributed by atoms with Gasteiger partial charge in [0.2, 0.25) is 5.90 Å². The lowest BCUT2D eigenvalue weighted by atomic mass is 10.0. The van der Waals surface area contributed by atoms with Crippen LogP contribution in [-0.2, 0) is 9.53 Å². The second-order valence-electron chi connectivity index (χ2n) is 6.17. The molecule has 0 radical (unpaired) electrons. The van der Waals surface area contributed by atoms with Crippen LogP contribution in [0.15, 0.2) is 88.0 Å². The van der Waals surface area contributed by atoms with E-state index >= 15 is 0 Å². The van der Waals surface area contributed by atoms with E-state index < -0.39 is 5.97 Å². The molecule has 0 bridgehead atoms. The third kappa shape index (κ3) is 3.75. The monoisotopic (exact) mass is 433 g/mol. The largest absolute Gasteiger partial charge is 0.496 e. The molecule has 0 aromatic heterocycles. The van der Waals surface area contributed by atoms with Crippen molar-refractivity contribution in [3.63, 3.8) is 0 Å². The molecule has 0 amide bonds. The maximum atomic E-state index is 12.2. The van der Waals surface area contributed by atoms with Crippen LogP contribution in [0, 0.1) is 0 Å². The number of hydrogen-bond donors (Lipinski definition) is 0. The second-order valence-corrected chi connectivity index (χ2v) is 7.03. The first-order chi connectivity index (χ1) is 13.6. The first-order valence-corrected chi connectivity index (χ1v) is 9.45. The van der Waals surface area contributed by atoms with Gasteiger partial charge in [0.05, 0.1) is 11.6 Å². The van der Waals surface area contributed by atoms with E-state index in [-0.39, 0.29) is 5.70 Å². The van der Waals surface area contributed by atoms with Gasteiger partial charge in [-0.15, -0.1) is 0 Å². The summed E-state index contributed by atoms with van der Waals surface area (Å²) in [7, 11) is 1.60. The number of nitrogens with zero attached hydrogens (tertiary/aromatic N) is 1. The van der Waals surface area contributed by atoms with Gasteiger partial charge in [0, 0.05) is 5.56 Å². The molecule has 138 valence electrons. The number of methoxy groups -OCH3 is 1. The number of ether oxygens (including phenoxy) is 2. The van der Waals surface area contributed by atoms with Gasteiger partial charge in [0.15, 0.2) is 5.70 Å². The lowest BCUT2D eigenvalue weighted by Crippen LogP contribution is -2.05. The highest BCUT2D eigenvalue weighted by atomic mass is 79.9. The molecular weight excluding hydrogens is 418 g/mol. The van der Waals surface area contributed by atoms with E-state index in [9.17, 15) is 4.79 Å². The Morgan fingerprint density at radius 3 is 2.29 bits per heavy atom. The Labute approximate surface area is 171 Å². The maximum absolute atomic E-state index is 12.2. The zero-order chi connectivity index (χ0) is 19.5. The van der Waals surface area contributed by atoms with E-state index in [0.29, 0.717) is 5.90 Å². The fraction of sp³-hybridized carbons (Fsp3) is 0.0435. The van der Waals surface area contributed by atoms with Gasteiger partial charge in [-0.1, -0.05) is 48.5 Å². The summed E-state index contributed by atoms with van der Waals surface area (Å²) in [6, 6.07) is 23.4. The van der Waals surface area contributed by atoms with Crippen molar-refractivity contribution in [3.05, 3.63) is 94.1 Å². The van der Waals surface area contributed by atoms with Crippen molar-refractivity contribution in [2.24, 2.45) is 4.99 Å². The van der Waals surface area contributed by atoms with Gasteiger partial charge in [-0.2, -0.15) is 0 Å². The molecule has 0 saturated carbocycles. The highest BCUT2D eigenvalue weighted by Crippen LogP contribution is 2.28. The van der Waals surface area contributed by atoms with E-state index in [4.69, 9.17) is 9.47 Å². The van der Waals surface area contributed by atoms with E-state index in [1.54, 1.807) is 13.2 Å². The third-order valence-electron chi connectivity index (χ3n) is 4.34. The first-order valence-electron chi connectivity index (χ1n) is 8.66. The molecule has 1 aliphatic rings. The predicted octanol–water partition coefficient (Wildman–Crippen LogP) is 5.47. The van der Waals surface area contributed by atoms with Crippen LogP contribution in [0.25, 0.3) is 17.2 Å². The zero-order valence-corrected chi connectivity index (χ0v) is 16.6. The van der Waals surface area contributed by atoms with Crippen molar-refractivity contribution < 1.29 is 14.3 Å². The topological polar surface area (TPSA) is 47.9 Å². The van der Waals surface area contributed by atoms with Crippen molar-refractivity contribution in [1.82, 2.24) is 0 Å². The van der Waals surface area contributed by atoms with Crippen molar-refractivity contribution in [3.8, 4) is 16.9 Å². The Morgan fingerprint density at radius 2 is 1.61 bits per heavy atom. The summed E-state index contributed by atoms with van der Waals surface area (Å²) in [4.78, 5) is 16.6. The number of cyclic esters (lactones) is 1. The number of carbonyl (C=O) groups excluding carboxylic acids is 1. The van der Waals surface area contributed by atoms with Crippen LogP contribution < -0.4 is 4.74 Å². The third-order valence-corrected chi connectivity index (χ3v) is 4.96. The van der Waals surface area contributed by atoms with Gasteiger partial charge >= 0.3 is 5.97 Å². The molecule has 0 fully saturated rings. The Bertz CT molecular complexity index is 1090. The molecule has 1 aliphatic heterocycles. The van der Waals surface area contributed by atoms with Crippen LogP contribution in [0.3, 0.4) is 0 Å². The van der Waals surface area contributed by atoms with Crippen LogP contribution in [-0.4, -0.2) is 19.0 Å². The average Bonchev–Trinajstić information content (AvgIpc) is 3.09. The molecule has 0 unspecified atom stereocenters. The number of benzene rings is 3. The fourth-order valence-electron chi connectivity index (χ4n) is 2.90. The van der Waals surface area contributed by atoms with Gasteiger partial charge < -0.3 is 9.47 Å². The molecule has 5 heteroatoms. The van der Waals surface area contributed by atoms with Gasteiger partial charge in [-0.05, 0) is 63.0 Å². The van der Waals surface area contributed by atoms with E-state index in [0.717, 1.165) is 32.5 Å². The normalized spacial score (nSPS) is 14.7. The molecule has 0 saturated heterocycles. The standard InChI is InChI=1S/C23H16BrNO3/c1-27-21-12-7-15(13-19(21)24)14-20-23(26)28-22(25-20)18-10-8-17(9-11-18)16-5-3-2-4-6-16/h2-14H,1H3/b20-14-. The molecule has 0 atom stereocenters. The van der Waals surface area contributed by atoms with E-state index in [1.807, 2.05) is 60.7 Å². The predicted molar refractivity (Wildman–Crippen MR) is 113 cm³/mol. The molecular formula is C23H16BrNO3. The van der Waals surface area contributed by atoms with Crippen LogP contribution >= 0.6 is 15.9 Å². The van der Waals surface area contributed by atoms with Gasteiger partial charge in [0.1, 0.15) is 5.75 Å². The highest BCUT2D eigenvalue weighted by molar-refractivity contribution is 9.10. The lowest BCUT2D eigenvalue weighted by molar-refractivity contribution is -0.129. The van der Waals surface area contributed by atoms with Crippen molar-refractivity contribution in [2.45, 2.75) is 0 Å². The molecule has 28 heavy (non-hydrogen) atoms. The number of rotatable bonds is 4. The summed E-state index contributed by atoms with van der Waals surface area (Å²) >= 11 is 3.44. The quantitative estimate of drug-likeness (QED) is 0.404. The minimum absolute atomic E-state index is 0.263. The minimum atomic E-state index is -0.464. The van der Waals surface area contributed by atoms with Crippen molar-refractivity contribution in [1.29, 1.82) is 0 Å². The zero-order valence-electron chi connectivity index (χ0n) is 15.1. The number of esters is 1. The smallest absolute Gasteiger partial charge is 0.363 e. The van der Waals surface area contributed by atoms with E-state index in [1.165, 1.54) is 0 Å². The number of halogens is 1. The molecule has 0 N–H and O–H groups in total. The van der Waals surface area contributed by atoms with Gasteiger partial charge in [-0.25, -0.2) is 9.79 Å². The average molecular weight is 434 g/mol. The molecule has 3 aromatic carbocycles. The maximum Gasteiger partial charge on any atom is 0.363 e. The summed E-state index contributed by atoms with van der Waals surface area (Å²) in [5.41, 5.74) is 4.06. The molecule has 1 heterocycles. The Morgan fingerprint density at radius 1 is 0.929 bits per heavy atom. The summed E-state index contributed by atoms with van der Waals surface area (Å²) in [6.45, 7) is 0. The number of carbonyl (C=O) groups is 1. The first kappa shape index (κ1) is 18.2. The van der Waals surface area contributed by atoms with E-state index in [2.05, 4.69) is 33.1 Å². The van der Waals surface area contributed by atoms with Crippen LogP contribution in [0.4, 0.5) is 0 Å². The van der Waals surface area contributed by atoms with Gasteiger partial charge in [0.25, 0.3) is 0 Å². The van der Waals surface area contributed by atoms with Crippen LogP contribution in [0.5, 0.6) is 5.75 Å². The molecule has 4 nitrogen and oxygen atoms in total. The summed E-state index contributed by atoms with van der Waals surface area (Å²) < 4.78 is 11.4. The minimum Gasteiger partial charge on any atom is -0.496 e. The highest BCUT2D eigenvalue weighted by Gasteiger charge is 2.24. The lowest BCUT2D eigenvalue weighted by Gasteiger charge is -2.03. The second kappa shape index (κ2) is 7.82. The molecule has 4 rings (SSSR count). The Balaban J connectivity index is 1.59. The molecule has 0 spiro atoms. The van der Waals surface area contributed by atoms with Gasteiger partial charge in [-0.3, -0.25) is 0 Å². The van der Waals surface area contributed by atoms with Crippen molar-refractivity contribution in [2.75, 3.05) is 7.11 Å². The number of hydrogen-bond acceptors (Lipinski definition) is 4. The molecule has 3 aromatic rings.